The Kier molecular flexibility index (Phi) is 2.93. The molecule has 0 aromatic carbocycles. The van der Waals surface area contributed by atoms with E-state index in [1.54, 1.807) is 11.3 Å². The summed E-state index contributed by atoms with van der Waals surface area (Å²) in [6.07, 6.45) is 1.91. The molecule has 0 radical (unpaired) electrons. The summed E-state index contributed by atoms with van der Waals surface area (Å²) in [6.45, 7) is 4.88. The van der Waals surface area contributed by atoms with Crippen LogP contribution in [-0.2, 0) is 11.3 Å². The molecule has 1 N–H and O–H groups in total. The largest absolute Gasteiger partial charge is 0.379 e. The molecule has 2 atom stereocenters. The Balaban J connectivity index is 1.79. The van der Waals surface area contributed by atoms with Crippen LogP contribution in [0.5, 0.6) is 0 Å². The fourth-order valence-electron chi connectivity index (χ4n) is 1.48. The lowest BCUT2D eigenvalue weighted by Gasteiger charge is -2.13. The van der Waals surface area contributed by atoms with E-state index in [1.807, 2.05) is 11.7 Å². The molecule has 1 aromatic rings. The molecule has 3 nitrogen and oxygen atoms in total. The quantitative estimate of drug-likeness (QED) is 0.794. The molecule has 2 unspecified atom stereocenters. The van der Waals surface area contributed by atoms with Gasteiger partial charge >= 0.3 is 0 Å². The first kappa shape index (κ1) is 9.12. The molecule has 13 heavy (non-hydrogen) atoms. The number of nitrogens with zero attached hydrogens (tertiary/aromatic N) is 1. The standard InChI is InChI=1S/C9H14N2OS/c1-7-4-12-5-9(7)11-3-8-2-10-6-13-8/h2,6-7,9,11H,3-5H2,1H3. The van der Waals surface area contributed by atoms with Crippen LogP contribution in [0.4, 0.5) is 0 Å². The third-order valence-electron chi connectivity index (χ3n) is 2.39. The van der Waals surface area contributed by atoms with Crippen LogP contribution in [0.3, 0.4) is 0 Å². The minimum atomic E-state index is 0.516. The van der Waals surface area contributed by atoms with Gasteiger partial charge < -0.3 is 10.1 Å². The highest BCUT2D eigenvalue weighted by Crippen LogP contribution is 2.13. The predicted octanol–water partition coefficient (Wildman–Crippen LogP) is 1.27. The molecular weight excluding hydrogens is 184 g/mol. The number of thiazole rings is 1. The lowest BCUT2D eigenvalue weighted by Crippen LogP contribution is -2.33. The van der Waals surface area contributed by atoms with Gasteiger partial charge in [-0.2, -0.15) is 0 Å². The van der Waals surface area contributed by atoms with E-state index in [9.17, 15) is 0 Å². The molecular formula is C9H14N2OS. The number of hydrogen-bond donors (Lipinski definition) is 1. The minimum absolute atomic E-state index is 0.516. The van der Waals surface area contributed by atoms with E-state index in [-0.39, 0.29) is 0 Å². The molecule has 0 amide bonds. The summed E-state index contributed by atoms with van der Waals surface area (Å²) >= 11 is 1.69. The van der Waals surface area contributed by atoms with Crippen LogP contribution in [0.25, 0.3) is 0 Å². The Labute approximate surface area is 82.1 Å². The van der Waals surface area contributed by atoms with Gasteiger partial charge in [0.1, 0.15) is 0 Å². The Morgan fingerprint density at radius 1 is 1.69 bits per heavy atom. The predicted molar refractivity (Wildman–Crippen MR) is 52.7 cm³/mol. The smallest absolute Gasteiger partial charge is 0.0794 e. The van der Waals surface area contributed by atoms with Crippen molar-refractivity contribution >= 4 is 11.3 Å². The average Bonchev–Trinajstić information content (AvgIpc) is 2.72. The molecule has 1 aliphatic heterocycles. The molecule has 1 saturated heterocycles. The van der Waals surface area contributed by atoms with Crippen molar-refractivity contribution in [3.05, 3.63) is 16.6 Å². The van der Waals surface area contributed by atoms with Gasteiger partial charge in [-0.15, -0.1) is 11.3 Å². The van der Waals surface area contributed by atoms with Crippen molar-refractivity contribution in [1.29, 1.82) is 0 Å². The minimum Gasteiger partial charge on any atom is -0.379 e. The zero-order chi connectivity index (χ0) is 9.10. The van der Waals surface area contributed by atoms with Crippen molar-refractivity contribution in [3.63, 3.8) is 0 Å². The highest BCUT2D eigenvalue weighted by molar-refractivity contribution is 7.09. The second kappa shape index (κ2) is 4.17. The Hall–Kier alpha value is -0.450. The summed E-state index contributed by atoms with van der Waals surface area (Å²) in [4.78, 5) is 5.32. The van der Waals surface area contributed by atoms with Gasteiger partial charge in [-0.1, -0.05) is 6.92 Å². The second-order valence-corrected chi connectivity index (χ2v) is 4.44. The first-order valence-electron chi connectivity index (χ1n) is 4.55. The van der Waals surface area contributed by atoms with Gasteiger partial charge in [0.25, 0.3) is 0 Å². The van der Waals surface area contributed by atoms with E-state index >= 15 is 0 Å². The zero-order valence-electron chi connectivity index (χ0n) is 7.69. The van der Waals surface area contributed by atoms with Gasteiger partial charge in [-0.25, -0.2) is 0 Å². The van der Waals surface area contributed by atoms with E-state index in [0.717, 1.165) is 19.8 Å². The zero-order valence-corrected chi connectivity index (χ0v) is 8.51. The maximum atomic E-state index is 5.36. The van der Waals surface area contributed by atoms with Crippen molar-refractivity contribution in [2.24, 2.45) is 5.92 Å². The highest BCUT2D eigenvalue weighted by atomic mass is 32.1. The first-order chi connectivity index (χ1) is 6.36. The fourth-order valence-corrected chi connectivity index (χ4v) is 2.03. The normalized spacial score (nSPS) is 28.1. The molecule has 2 heterocycles. The number of aromatic nitrogens is 1. The van der Waals surface area contributed by atoms with Crippen molar-refractivity contribution in [2.45, 2.75) is 19.5 Å². The molecule has 2 rings (SSSR count). The maximum absolute atomic E-state index is 5.36. The van der Waals surface area contributed by atoms with Crippen LogP contribution in [0.1, 0.15) is 11.8 Å². The topological polar surface area (TPSA) is 34.1 Å². The number of ether oxygens (including phenoxy) is 1. The number of nitrogens with one attached hydrogen (secondary N) is 1. The van der Waals surface area contributed by atoms with E-state index in [2.05, 4.69) is 17.2 Å². The molecule has 0 saturated carbocycles. The van der Waals surface area contributed by atoms with Gasteiger partial charge in [-0.3, -0.25) is 4.98 Å². The van der Waals surface area contributed by atoms with Crippen LogP contribution in [0.2, 0.25) is 0 Å². The highest BCUT2D eigenvalue weighted by Gasteiger charge is 2.23. The van der Waals surface area contributed by atoms with Crippen LogP contribution in [0, 0.1) is 5.92 Å². The summed E-state index contributed by atoms with van der Waals surface area (Å²) < 4.78 is 5.36. The molecule has 0 aliphatic carbocycles. The summed E-state index contributed by atoms with van der Waals surface area (Å²) in [5.74, 6) is 0.632. The summed E-state index contributed by atoms with van der Waals surface area (Å²) in [5, 5.41) is 3.48. The van der Waals surface area contributed by atoms with Crippen LogP contribution < -0.4 is 5.32 Å². The SMILES string of the molecule is CC1COCC1NCc1cncs1. The second-order valence-electron chi connectivity index (χ2n) is 3.47. The number of hydrogen-bond acceptors (Lipinski definition) is 4. The van der Waals surface area contributed by atoms with E-state index in [1.165, 1.54) is 4.88 Å². The Morgan fingerprint density at radius 2 is 2.62 bits per heavy atom. The van der Waals surface area contributed by atoms with Crippen molar-refractivity contribution in [3.8, 4) is 0 Å². The van der Waals surface area contributed by atoms with E-state index < -0.39 is 0 Å². The number of rotatable bonds is 3. The fraction of sp³-hybridized carbons (Fsp3) is 0.667. The van der Waals surface area contributed by atoms with E-state index in [4.69, 9.17) is 4.74 Å². The monoisotopic (exact) mass is 198 g/mol. The van der Waals surface area contributed by atoms with Crippen LogP contribution in [0.15, 0.2) is 11.7 Å². The summed E-state index contributed by atoms with van der Waals surface area (Å²) in [5.41, 5.74) is 1.87. The first-order valence-corrected chi connectivity index (χ1v) is 5.42. The molecule has 1 aromatic heterocycles. The summed E-state index contributed by atoms with van der Waals surface area (Å²) in [7, 11) is 0. The van der Waals surface area contributed by atoms with Crippen molar-refractivity contribution in [1.82, 2.24) is 10.3 Å². The lowest BCUT2D eigenvalue weighted by atomic mass is 10.1. The van der Waals surface area contributed by atoms with Gasteiger partial charge in [0.05, 0.1) is 18.7 Å². The molecule has 4 heteroatoms. The van der Waals surface area contributed by atoms with Crippen LogP contribution in [-0.4, -0.2) is 24.2 Å². The Morgan fingerprint density at radius 3 is 3.23 bits per heavy atom. The van der Waals surface area contributed by atoms with Gasteiger partial charge in [0, 0.05) is 23.7 Å². The van der Waals surface area contributed by atoms with E-state index in [0.29, 0.717) is 12.0 Å². The third kappa shape index (κ3) is 2.27. The molecule has 72 valence electrons. The van der Waals surface area contributed by atoms with Gasteiger partial charge in [0.15, 0.2) is 0 Å². The molecule has 1 aliphatic rings. The molecule has 0 spiro atoms. The average molecular weight is 198 g/mol. The van der Waals surface area contributed by atoms with Crippen molar-refractivity contribution in [2.75, 3.05) is 13.2 Å². The maximum Gasteiger partial charge on any atom is 0.0794 e. The Bertz CT molecular complexity index is 250. The lowest BCUT2D eigenvalue weighted by molar-refractivity contribution is 0.184. The van der Waals surface area contributed by atoms with Gasteiger partial charge in [-0.05, 0) is 5.92 Å². The molecule has 1 fully saturated rings. The van der Waals surface area contributed by atoms with Gasteiger partial charge in [0.2, 0.25) is 0 Å². The molecule has 0 bridgehead atoms. The van der Waals surface area contributed by atoms with Crippen molar-refractivity contribution < 1.29 is 4.74 Å². The summed E-state index contributed by atoms with van der Waals surface area (Å²) in [6, 6.07) is 0.516. The van der Waals surface area contributed by atoms with Crippen LogP contribution >= 0.6 is 11.3 Å². The third-order valence-corrected chi connectivity index (χ3v) is 3.17.